The van der Waals surface area contributed by atoms with Gasteiger partial charge in [0, 0.05) is 11.0 Å². The van der Waals surface area contributed by atoms with Crippen LogP contribution in [0.25, 0.3) is 0 Å². The number of fused-ring (bicyclic) bond motifs is 1. The topological polar surface area (TPSA) is 20.2 Å². The first-order valence-electron chi connectivity index (χ1n) is 6.00. The highest BCUT2D eigenvalue weighted by atomic mass is 32.2. The summed E-state index contributed by atoms with van der Waals surface area (Å²) < 4.78 is 0. The lowest BCUT2D eigenvalue weighted by atomic mass is 9.94. The number of thioether (sulfide) groups is 1. The average molecular weight is 236 g/mol. The van der Waals surface area contributed by atoms with Crippen LogP contribution in [0, 0.1) is 0 Å². The molecule has 0 spiro atoms. The first-order chi connectivity index (χ1) is 7.58. The third-order valence-electron chi connectivity index (χ3n) is 3.27. The van der Waals surface area contributed by atoms with Gasteiger partial charge in [-0.3, -0.25) is 0 Å². The highest BCUT2D eigenvalue weighted by Gasteiger charge is 2.21. The standard InChI is InChI=1S/C14H20OS/c1-9(2)11-4-5-12-8-16-10(3)6-14(15)13(12)7-11/h4-5,7,9-10,14-15H,6,8H2,1-3H3/t10?,14-/m1/s1. The van der Waals surface area contributed by atoms with E-state index < -0.39 is 0 Å². The predicted octanol–water partition coefficient (Wildman–Crippen LogP) is 3.87. The Morgan fingerprint density at radius 2 is 2.12 bits per heavy atom. The second kappa shape index (κ2) is 4.80. The first-order valence-corrected chi connectivity index (χ1v) is 7.05. The van der Waals surface area contributed by atoms with Crippen molar-refractivity contribution in [1.82, 2.24) is 0 Å². The van der Waals surface area contributed by atoms with Crippen LogP contribution >= 0.6 is 11.8 Å². The maximum absolute atomic E-state index is 10.2. The molecule has 1 N–H and O–H groups in total. The van der Waals surface area contributed by atoms with E-state index in [0.29, 0.717) is 11.2 Å². The maximum Gasteiger partial charge on any atom is 0.0803 e. The predicted molar refractivity (Wildman–Crippen MR) is 70.9 cm³/mol. The monoisotopic (exact) mass is 236 g/mol. The van der Waals surface area contributed by atoms with Crippen LogP contribution in [0.4, 0.5) is 0 Å². The summed E-state index contributed by atoms with van der Waals surface area (Å²) in [6, 6.07) is 6.59. The lowest BCUT2D eigenvalue weighted by Gasteiger charge is -2.15. The Morgan fingerprint density at radius 3 is 2.81 bits per heavy atom. The van der Waals surface area contributed by atoms with E-state index in [2.05, 4.69) is 39.0 Å². The Balaban J connectivity index is 2.37. The van der Waals surface area contributed by atoms with Gasteiger partial charge < -0.3 is 5.11 Å². The molecule has 88 valence electrons. The highest BCUT2D eigenvalue weighted by molar-refractivity contribution is 7.99. The van der Waals surface area contributed by atoms with Crippen LogP contribution < -0.4 is 0 Å². The molecule has 0 saturated carbocycles. The molecule has 1 aliphatic rings. The Kier molecular flexibility index (Phi) is 3.60. The minimum absolute atomic E-state index is 0.279. The minimum Gasteiger partial charge on any atom is -0.388 e. The van der Waals surface area contributed by atoms with Crippen molar-refractivity contribution in [2.45, 2.75) is 50.2 Å². The van der Waals surface area contributed by atoms with Gasteiger partial charge in [0.05, 0.1) is 6.10 Å². The van der Waals surface area contributed by atoms with Gasteiger partial charge in [0.2, 0.25) is 0 Å². The quantitative estimate of drug-likeness (QED) is 0.798. The molecule has 2 heteroatoms. The summed E-state index contributed by atoms with van der Waals surface area (Å²) in [6.07, 6.45) is 0.595. The van der Waals surface area contributed by atoms with Crippen molar-refractivity contribution in [3.8, 4) is 0 Å². The minimum atomic E-state index is -0.279. The summed E-state index contributed by atoms with van der Waals surface area (Å²) in [5, 5.41) is 10.8. The summed E-state index contributed by atoms with van der Waals surface area (Å²) in [6.45, 7) is 6.59. The van der Waals surface area contributed by atoms with Gasteiger partial charge in [0.25, 0.3) is 0 Å². The molecule has 1 heterocycles. The van der Waals surface area contributed by atoms with Gasteiger partial charge in [0.1, 0.15) is 0 Å². The summed E-state index contributed by atoms with van der Waals surface area (Å²) in [5.41, 5.74) is 3.80. The average Bonchev–Trinajstić information content (AvgIpc) is 2.38. The fourth-order valence-electron chi connectivity index (χ4n) is 2.16. The van der Waals surface area contributed by atoms with E-state index in [1.54, 1.807) is 0 Å². The molecule has 1 aromatic carbocycles. The number of rotatable bonds is 1. The Morgan fingerprint density at radius 1 is 1.38 bits per heavy atom. The molecule has 1 nitrogen and oxygen atoms in total. The van der Waals surface area contributed by atoms with Crippen LogP contribution in [0.5, 0.6) is 0 Å². The van der Waals surface area contributed by atoms with E-state index in [1.165, 1.54) is 11.1 Å². The van der Waals surface area contributed by atoms with Gasteiger partial charge in [0.15, 0.2) is 0 Å². The van der Waals surface area contributed by atoms with E-state index in [-0.39, 0.29) is 6.10 Å². The highest BCUT2D eigenvalue weighted by Crippen LogP contribution is 2.35. The number of benzene rings is 1. The molecular weight excluding hydrogens is 216 g/mol. The van der Waals surface area contributed by atoms with Gasteiger partial charge in [-0.05, 0) is 29.0 Å². The van der Waals surface area contributed by atoms with Crippen LogP contribution in [0.1, 0.15) is 55.9 Å². The zero-order valence-corrected chi connectivity index (χ0v) is 11.1. The number of aliphatic hydroxyl groups is 1. The Bertz CT molecular complexity index is 373. The van der Waals surface area contributed by atoms with E-state index in [9.17, 15) is 5.11 Å². The van der Waals surface area contributed by atoms with E-state index in [1.807, 2.05) is 11.8 Å². The zero-order chi connectivity index (χ0) is 11.7. The van der Waals surface area contributed by atoms with Crippen molar-refractivity contribution in [2.24, 2.45) is 0 Å². The first kappa shape index (κ1) is 12.0. The molecule has 16 heavy (non-hydrogen) atoms. The second-order valence-corrected chi connectivity index (χ2v) is 6.41. The third kappa shape index (κ3) is 2.44. The third-order valence-corrected chi connectivity index (χ3v) is 4.51. The molecule has 0 fully saturated rings. The SMILES string of the molecule is CC1C[C@@H](O)c2cc(C(C)C)ccc2CS1. The number of aliphatic hydroxyl groups excluding tert-OH is 1. The Hall–Kier alpha value is -0.470. The Labute approximate surface area is 102 Å². The molecular formula is C14H20OS. The van der Waals surface area contributed by atoms with Crippen LogP contribution in [-0.2, 0) is 5.75 Å². The summed E-state index contributed by atoms with van der Waals surface area (Å²) >= 11 is 1.94. The number of hydrogen-bond acceptors (Lipinski definition) is 2. The van der Waals surface area contributed by atoms with E-state index >= 15 is 0 Å². The summed E-state index contributed by atoms with van der Waals surface area (Å²) in [7, 11) is 0. The molecule has 0 amide bonds. The number of hydrogen-bond donors (Lipinski definition) is 1. The fraction of sp³-hybridized carbons (Fsp3) is 0.571. The van der Waals surface area contributed by atoms with Gasteiger partial charge >= 0.3 is 0 Å². The normalized spacial score (nSPS) is 25.3. The molecule has 0 radical (unpaired) electrons. The fourth-order valence-corrected chi connectivity index (χ4v) is 3.20. The molecule has 0 saturated heterocycles. The van der Waals surface area contributed by atoms with Crippen molar-refractivity contribution in [2.75, 3.05) is 0 Å². The van der Waals surface area contributed by atoms with Crippen molar-refractivity contribution in [3.63, 3.8) is 0 Å². The van der Waals surface area contributed by atoms with Crippen LogP contribution in [-0.4, -0.2) is 10.4 Å². The smallest absolute Gasteiger partial charge is 0.0803 e. The molecule has 0 aliphatic carbocycles. The van der Waals surface area contributed by atoms with Gasteiger partial charge in [-0.15, -0.1) is 0 Å². The second-order valence-electron chi connectivity index (χ2n) is 4.99. The van der Waals surface area contributed by atoms with E-state index in [4.69, 9.17) is 0 Å². The summed E-state index contributed by atoms with van der Waals surface area (Å²) in [4.78, 5) is 0. The van der Waals surface area contributed by atoms with Crippen molar-refractivity contribution in [3.05, 3.63) is 34.9 Å². The van der Waals surface area contributed by atoms with E-state index in [0.717, 1.165) is 17.7 Å². The van der Waals surface area contributed by atoms with Crippen LogP contribution in [0.3, 0.4) is 0 Å². The molecule has 1 aromatic rings. The van der Waals surface area contributed by atoms with Crippen LogP contribution in [0.2, 0.25) is 0 Å². The molecule has 2 atom stereocenters. The largest absolute Gasteiger partial charge is 0.388 e. The van der Waals surface area contributed by atoms with Crippen LogP contribution in [0.15, 0.2) is 18.2 Å². The molecule has 0 aromatic heterocycles. The lowest BCUT2D eigenvalue weighted by Crippen LogP contribution is -2.04. The maximum atomic E-state index is 10.2. The molecule has 1 aliphatic heterocycles. The van der Waals surface area contributed by atoms with Crippen molar-refractivity contribution in [1.29, 1.82) is 0 Å². The zero-order valence-electron chi connectivity index (χ0n) is 10.2. The van der Waals surface area contributed by atoms with Gasteiger partial charge in [-0.2, -0.15) is 11.8 Å². The molecule has 1 unspecified atom stereocenters. The van der Waals surface area contributed by atoms with Crippen molar-refractivity contribution >= 4 is 11.8 Å². The molecule has 0 bridgehead atoms. The molecule has 2 rings (SSSR count). The van der Waals surface area contributed by atoms with Gasteiger partial charge in [-0.25, -0.2) is 0 Å². The van der Waals surface area contributed by atoms with Gasteiger partial charge in [-0.1, -0.05) is 39.0 Å². The van der Waals surface area contributed by atoms with Crippen molar-refractivity contribution < 1.29 is 5.11 Å². The summed E-state index contributed by atoms with van der Waals surface area (Å²) in [5.74, 6) is 1.57. The lowest BCUT2D eigenvalue weighted by molar-refractivity contribution is 0.168.